The SMILES string of the molecule is CC(C)(C=O)[C@@H](C(N)=O)N1CCN(c2ccc(Nc3nc4cccc(-c5ccc(S(C)(=O)=O)cc5)n4n3)cc2)CC1. The minimum atomic E-state index is -3.28. The van der Waals surface area contributed by atoms with Crippen LogP contribution in [-0.2, 0) is 19.4 Å². The van der Waals surface area contributed by atoms with Crippen molar-refractivity contribution >= 4 is 45.0 Å². The van der Waals surface area contributed by atoms with Gasteiger partial charge >= 0.3 is 0 Å². The van der Waals surface area contributed by atoms with Crippen LogP contribution in [0.3, 0.4) is 0 Å². The summed E-state index contributed by atoms with van der Waals surface area (Å²) in [5.74, 6) is -0.0506. The zero-order valence-corrected chi connectivity index (χ0v) is 24.0. The third kappa shape index (κ3) is 5.93. The zero-order valence-electron chi connectivity index (χ0n) is 23.2. The predicted octanol–water partition coefficient (Wildman–Crippen LogP) is 2.74. The van der Waals surface area contributed by atoms with Crippen molar-refractivity contribution in [1.29, 1.82) is 0 Å². The standard InChI is InChI=1S/C29H33N7O4S/c1-29(2,19-37)26(27(30)38)35-17-15-34(16-18-35)22-11-9-21(10-12-22)31-28-32-25-6-4-5-24(36(25)33-28)20-7-13-23(14-8-20)41(3,39)40/h4-14,19,26H,15-18H2,1-3H3,(H2,30,38)(H,31,33)/t26-/m1/s1. The molecule has 0 radical (unpaired) electrons. The molecule has 1 atom stereocenters. The van der Waals surface area contributed by atoms with E-state index < -0.39 is 27.2 Å². The number of nitrogens with one attached hydrogen (secondary N) is 1. The summed E-state index contributed by atoms with van der Waals surface area (Å²) >= 11 is 0. The van der Waals surface area contributed by atoms with Crippen molar-refractivity contribution < 1.29 is 18.0 Å². The lowest BCUT2D eigenvalue weighted by Crippen LogP contribution is -2.59. The minimum Gasteiger partial charge on any atom is -0.369 e. The Bertz CT molecular complexity index is 1670. The Kier molecular flexibility index (Phi) is 7.54. The fourth-order valence-corrected chi connectivity index (χ4v) is 5.88. The number of carbonyl (C=O) groups excluding carboxylic acids is 2. The zero-order chi connectivity index (χ0) is 29.4. The number of aldehydes is 1. The third-order valence-electron chi connectivity index (χ3n) is 7.38. The van der Waals surface area contributed by atoms with E-state index in [1.165, 1.54) is 6.26 Å². The highest BCUT2D eigenvalue weighted by atomic mass is 32.2. The minimum absolute atomic E-state index is 0.261. The predicted molar refractivity (Wildman–Crippen MR) is 158 cm³/mol. The van der Waals surface area contributed by atoms with Gasteiger partial charge in [-0.15, -0.1) is 5.10 Å². The lowest BCUT2D eigenvalue weighted by molar-refractivity contribution is -0.133. The van der Waals surface area contributed by atoms with Crippen LogP contribution in [-0.4, -0.2) is 78.6 Å². The molecule has 41 heavy (non-hydrogen) atoms. The van der Waals surface area contributed by atoms with Gasteiger partial charge in [-0.1, -0.05) is 32.0 Å². The average molecular weight is 576 g/mol. The van der Waals surface area contributed by atoms with Crippen molar-refractivity contribution in [1.82, 2.24) is 19.5 Å². The van der Waals surface area contributed by atoms with E-state index in [2.05, 4.69) is 20.3 Å². The van der Waals surface area contributed by atoms with Crippen molar-refractivity contribution in [3.05, 3.63) is 66.7 Å². The highest BCUT2D eigenvalue weighted by Gasteiger charge is 2.39. The van der Waals surface area contributed by atoms with E-state index >= 15 is 0 Å². The summed E-state index contributed by atoms with van der Waals surface area (Å²) in [6, 6.07) is 19.6. The molecule has 0 aliphatic carbocycles. The molecule has 214 valence electrons. The number of fused-ring (bicyclic) bond motifs is 1. The summed E-state index contributed by atoms with van der Waals surface area (Å²) in [5.41, 5.74) is 8.92. The number of pyridine rings is 1. The molecule has 2 aromatic heterocycles. The van der Waals surface area contributed by atoms with Crippen LogP contribution >= 0.6 is 0 Å². The van der Waals surface area contributed by atoms with Gasteiger partial charge in [0.25, 0.3) is 0 Å². The summed E-state index contributed by atoms with van der Waals surface area (Å²) in [6.07, 6.45) is 1.99. The molecule has 0 saturated carbocycles. The highest BCUT2D eigenvalue weighted by molar-refractivity contribution is 7.90. The number of aromatic nitrogens is 3. The van der Waals surface area contributed by atoms with E-state index in [0.29, 0.717) is 37.8 Å². The van der Waals surface area contributed by atoms with E-state index in [9.17, 15) is 18.0 Å². The number of benzene rings is 2. The van der Waals surface area contributed by atoms with Crippen molar-refractivity contribution in [2.75, 3.05) is 42.7 Å². The van der Waals surface area contributed by atoms with Crippen LogP contribution in [0.25, 0.3) is 16.9 Å². The number of piperazine rings is 1. The van der Waals surface area contributed by atoms with Gasteiger partial charge in [-0.2, -0.15) is 4.98 Å². The first-order valence-corrected chi connectivity index (χ1v) is 15.1. The van der Waals surface area contributed by atoms with Crippen LogP contribution in [0.2, 0.25) is 0 Å². The van der Waals surface area contributed by atoms with Crippen LogP contribution in [0.1, 0.15) is 13.8 Å². The number of hydrogen-bond donors (Lipinski definition) is 2. The van der Waals surface area contributed by atoms with Gasteiger partial charge in [0.05, 0.1) is 10.6 Å². The Balaban J connectivity index is 1.27. The Morgan fingerprint density at radius 2 is 1.66 bits per heavy atom. The molecule has 0 spiro atoms. The number of carbonyl (C=O) groups is 2. The lowest BCUT2D eigenvalue weighted by atomic mass is 9.84. The summed E-state index contributed by atoms with van der Waals surface area (Å²) in [6.45, 7) is 6.13. The molecule has 0 bridgehead atoms. The molecule has 1 fully saturated rings. The molecule has 0 unspecified atom stereocenters. The Hall–Kier alpha value is -4.29. The molecule has 4 aromatic rings. The van der Waals surface area contributed by atoms with Gasteiger partial charge < -0.3 is 20.7 Å². The Morgan fingerprint density at radius 3 is 2.24 bits per heavy atom. The Morgan fingerprint density at radius 1 is 1.00 bits per heavy atom. The quantitative estimate of drug-likeness (QED) is 0.288. The average Bonchev–Trinajstić information content (AvgIpc) is 3.36. The van der Waals surface area contributed by atoms with E-state index in [1.54, 1.807) is 42.6 Å². The van der Waals surface area contributed by atoms with Crippen molar-refractivity contribution in [2.24, 2.45) is 11.1 Å². The normalized spacial score (nSPS) is 15.5. The maximum atomic E-state index is 12.1. The van der Waals surface area contributed by atoms with Crippen molar-refractivity contribution in [3.63, 3.8) is 0 Å². The first-order valence-electron chi connectivity index (χ1n) is 13.2. The molecule has 3 heterocycles. The van der Waals surface area contributed by atoms with Gasteiger partial charge in [0.2, 0.25) is 11.9 Å². The maximum Gasteiger partial charge on any atom is 0.247 e. The van der Waals surface area contributed by atoms with Gasteiger partial charge in [0.15, 0.2) is 15.5 Å². The second-order valence-corrected chi connectivity index (χ2v) is 12.9. The largest absolute Gasteiger partial charge is 0.369 e. The van der Waals surface area contributed by atoms with Crippen molar-refractivity contribution in [3.8, 4) is 11.3 Å². The molecule has 12 heteroatoms. The third-order valence-corrected chi connectivity index (χ3v) is 8.51. The van der Waals surface area contributed by atoms with E-state index in [-0.39, 0.29) is 4.90 Å². The molecule has 1 aliphatic rings. The Labute approximate surface area is 238 Å². The van der Waals surface area contributed by atoms with Crippen LogP contribution in [0.15, 0.2) is 71.6 Å². The monoisotopic (exact) mass is 575 g/mol. The van der Waals surface area contributed by atoms with Crippen LogP contribution in [0.4, 0.5) is 17.3 Å². The second-order valence-electron chi connectivity index (χ2n) is 10.9. The summed E-state index contributed by atoms with van der Waals surface area (Å²) in [7, 11) is -3.28. The van der Waals surface area contributed by atoms with Crippen LogP contribution in [0.5, 0.6) is 0 Å². The smallest absolute Gasteiger partial charge is 0.247 e. The number of amides is 1. The van der Waals surface area contributed by atoms with E-state index in [0.717, 1.165) is 28.9 Å². The number of primary amides is 1. The molecule has 11 nitrogen and oxygen atoms in total. The molecule has 1 saturated heterocycles. The molecular formula is C29H33N7O4S. The molecule has 3 N–H and O–H groups in total. The second kappa shape index (κ2) is 10.9. The summed E-state index contributed by atoms with van der Waals surface area (Å²) < 4.78 is 25.4. The summed E-state index contributed by atoms with van der Waals surface area (Å²) in [4.78, 5) is 32.7. The lowest BCUT2D eigenvalue weighted by Gasteiger charge is -2.42. The molecule has 5 rings (SSSR count). The van der Waals surface area contributed by atoms with Gasteiger partial charge in [-0.05, 0) is 48.5 Å². The maximum absolute atomic E-state index is 12.1. The molecule has 1 aliphatic heterocycles. The van der Waals surface area contributed by atoms with Crippen LogP contribution < -0.4 is 16.0 Å². The number of nitrogens with zero attached hydrogens (tertiary/aromatic N) is 5. The fourth-order valence-electron chi connectivity index (χ4n) is 5.25. The van der Waals surface area contributed by atoms with Crippen LogP contribution in [0, 0.1) is 5.41 Å². The molecule has 2 aromatic carbocycles. The van der Waals surface area contributed by atoms with Gasteiger partial charge in [-0.3, -0.25) is 9.69 Å². The summed E-state index contributed by atoms with van der Waals surface area (Å²) in [5, 5.41) is 7.89. The number of sulfone groups is 1. The first kappa shape index (κ1) is 28.2. The number of nitrogens with two attached hydrogens (primary N) is 1. The van der Waals surface area contributed by atoms with Crippen molar-refractivity contribution in [2.45, 2.75) is 24.8 Å². The van der Waals surface area contributed by atoms with Gasteiger partial charge in [-0.25, -0.2) is 12.9 Å². The highest BCUT2D eigenvalue weighted by Crippen LogP contribution is 2.27. The van der Waals surface area contributed by atoms with Gasteiger partial charge in [0.1, 0.15) is 12.3 Å². The fraction of sp³-hybridized carbons (Fsp3) is 0.310. The number of anilines is 3. The first-order chi connectivity index (χ1) is 19.5. The number of rotatable bonds is 9. The van der Waals surface area contributed by atoms with E-state index in [4.69, 9.17) is 5.73 Å². The molecule has 1 amide bonds. The van der Waals surface area contributed by atoms with E-state index in [1.807, 2.05) is 47.4 Å². The molecular weight excluding hydrogens is 542 g/mol. The topological polar surface area (TPSA) is 143 Å². The van der Waals surface area contributed by atoms with Gasteiger partial charge in [0, 0.05) is 54.8 Å². The number of hydrogen-bond acceptors (Lipinski definition) is 9.